The van der Waals surface area contributed by atoms with Crippen LogP contribution in [0.15, 0.2) is 48.7 Å². The van der Waals surface area contributed by atoms with Crippen LogP contribution in [-0.2, 0) is 11.3 Å². The van der Waals surface area contributed by atoms with Crippen molar-refractivity contribution in [2.24, 2.45) is 5.73 Å². The minimum Gasteiger partial charge on any atom is -0.330 e. The summed E-state index contributed by atoms with van der Waals surface area (Å²) in [6.07, 6.45) is 1.81. The summed E-state index contributed by atoms with van der Waals surface area (Å²) >= 11 is 0. The fourth-order valence-corrected chi connectivity index (χ4v) is 1.89. The van der Waals surface area contributed by atoms with Crippen molar-refractivity contribution in [3.8, 4) is 0 Å². The van der Waals surface area contributed by atoms with Gasteiger partial charge >= 0.3 is 0 Å². The Morgan fingerprint density at radius 1 is 1.20 bits per heavy atom. The maximum atomic E-state index is 13.9. The first-order valence-electron chi connectivity index (χ1n) is 6.37. The number of para-hydroxylation sites is 1. The van der Waals surface area contributed by atoms with Crippen LogP contribution in [0.4, 0.5) is 10.1 Å². The number of anilines is 1. The SMILES string of the molecule is NCCC(=O)N(Cc1ccccn1)c1ccccc1F. The Labute approximate surface area is 117 Å². The van der Waals surface area contributed by atoms with E-state index in [0.717, 1.165) is 0 Å². The van der Waals surface area contributed by atoms with Gasteiger partial charge in [-0.2, -0.15) is 0 Å². The molecule has 0 aliphatic carbocycles. The standard InChI is InChI=1S/C15H16FN3O/c16-13-6-1-2-7-14(13)19(15(20)8-9-17)11-12-5-3-4-10-18-12/h1-7,10H,8-9,11,17H2. The van der Waals surface area contributed by atoms with Crippen LogP contribution in [0.1, 0.15) is 12.1 Å². The third kappa shape index (κ3) is 3.39. The highest BCUT2D eigenvalue weighted by Crippen LogP contribution is 2.21. The number of benzene rings is 1. The number of rotatable bonds is 5. The molecule has 2 N–H and O–H groups in total. The van der Waals surface area contributed by atoms with Crippen LogP contribution in [0, 0.1) is 5.82 Å². The van der Waals surface area contributed by atoms with Gasteiger partial charge in [0, 0.05) is 19.2 Å². The molecule has 0 fully saturated rings. The molecular formula is C15H16FN3O. The van der Waals surface area contributed by atoms with Gasteiger partial charge in [-0.05, 0) is 24.3 Å². The first-order chi connectivity index (χ1) is 9.72. The van der Waals surface area contributed by atoms with Gasteiger partial charge in [-0.1, -0.05) is 18.2 Å². The molecule has 0 spiro atoms. The van der Waals surface area contributed by atoms with Crippen LogP contribution in [0.2, 0.25) is 0 Å². The summed E-state index contributed by atoms with van der Waals surface area (Å²) < 4.78 is 13.9. The summed E-state index contributed by atoms with van der Waals surface area (Å²) in [5.41, 5.74) is 6.36. The molecule has 1 aromatic carbocycles. The van der Waals surface area contributed by atoms with Gasteiger partial charge < -0.3 is 10.6 Å². The number of pyridine rings is 1. The highest BCUT2D eigenvalue weighted by molar-refractivity contribution is 5.93. The normalized spacial score (nSPS) is 10.3. The summed E-state index contributed by atoms with van der Waals surface area (Å²) in [6, 6.07) is 11.6. The Kier molecular flexibility index (Phi) is 4.79. The van der Waals surface area contributed by atoms with Gasteiger partial charge in [-0.3, -0.25) is 9.78 Å². The Morgan fingerprint density at radius 2 is 1.95 bits per heavy atom. The van der Waals surface area contributed by atoms with Crippen molar-refractivity contribution >= 4 is 11.6 Å². The van der Waals surface area contributed by atoms with Gasteiger partial charge in [-0.25, -0.2) is 4.39 Å². The fourth-order valence-electron chi connectivity index (χ4n) is 1.89. The number of aromatic nitrogens is 1. The van der Waals surface area contributed by atoms with Gasteiger partial charge in [0.25, 0.3) is 0 Å². The average molecular weight is 273 g/mol. The van der Waals surface area contributed by atoms with Crippen molar-refractivity contribution in [3.63, 3.8) is 0 Å². The van der Waals surface area contributed by atoms with E-state index in [-0.39, 0.29) is 31.1 Å². The molecule has 5 heteroatoms. The second kappa shape index (κ2) is 6.77. The third-order valence-corrected chi connectivity index (χ3v) is 2.85. The molecule has 0 bridgehead atoms. The zero-order chi connectivity index (χ0) is 14.4. The molecule has 104 valence electrons. The lowest BCUT2D eigenvalue weighted by Crippen LogP contribution is -2.32. The van der Waals surface area contributed by atoms with E-state index in [2.05, 4.69) is 4.98 Å². The first-order valence-corrected chi connectivity index (χ1v) is 6.37. The monoisotopic (exact) mass is 273 g/mol. The van der Waals surface area contributed by atoms with E-state index in [1.807, 2.05) is 6.07 Å². The van der Waals surface area contributed by atoms with Crippen LogP contribution in [0.25, 0.3) is 0 Å². The number of halogens is 1. The number of hydrogen-bond donors (Lipinski definition) is 1. The van der Waals surface area contributed by atoms with Crippen LogP contribution in [0.5, 0.6) is 0 Å². The molecule has 0 saturated carbocycles. The minimum atomic E-state index is -0.436. The van der Waals surface area contributed by atoms with Crippen molar-refractivity contribution in [1.29, 1.82) is 0 Å². The molecule has 0 aliphatic heterocycles. The highest BCUT2D eigenvalue weighted by atomic mass is 19.1. The second-order valence-electron chi connectivity index (χ2n) is 4.29. The van der Waals surface area contributed by atoms with Crippen LogP contribution in [-0.4, -0.2) is 17.4 Å². The number of nitrogens with two attached hydrogens (primary N) is 1. The molecule has 0 saturated heterocycles. The summed E-state index contributed by atoms with van der Waals surface area (Å²) in [4.78, 5) is 17.7. The third-order valence-electron chi connectivity index (χ3n) is 2.85. The number of hydrogen-bond acceptors (Lipinski definition) is 3. The van der Waals surface area contributed by atoms with E-state index >= 15 is 0 Å². The van der Waals surface area contributed by atoms with Crippen LogP contribution >= 0.6 is 0 Å². The molecule has 1 amide bonds. The minimum absolute atomic E-state index is 0.168. The van der Waals surface area contributed by atoms with Crippen molar-refractivity contribution in [3.05, 3.63) is 60.2 Å². The Morgan fingerprint density at radius 3 is 2.60 bits per heavy atom. The largest absolute Gasteiger partial charge is 0.330 e. The van der Waals surface area contributed by atoms with Gasteiger partial charge in [-0.15, -0.1) is 0 Å². The topological polar surface area (TPSA) is 59.2 Å². The molecule has 2 aromatic rings. The summed E-state index contributed by atoms with van der Waals surface area (Å²) in [6.45, 7) is 0.451. The Bertz CT molecular complexity index is 574. The lowest BCUT2D eigenvalue weighted by atomic mass is 10.2. The van der Waals surface area contributed by atoms with E-state index in [1.54, 1.807) is 36.5 Å². The van der Waals surface area contributed by atoms with Crippen molar-refractivity contribution < 1.29 is 9.18 Å². The van der Waals surface area contributed by atoms with Gasteiger partial charge in [0.15, 0.2) is 0 Å². The second-order valence-corrected chi connectivity index (χ2v) is 4.29. The molecule has 2 rings (SSSR count). The van der Waals surface area contributed by atoms with Crippen LogP contribution < -0.4 is 10.6 Å². The first kappa shape index (κ1) is 14.1. The maximum Gasteiger partial charge on any atom is 0.228 e. The van der Waals surface area contributed by atoms with E-state index in [1.165, 1.54) is 11.0 Å². The van der Waals surface area contributed by atoms with E-state index < -0.39 is 5.82 Å². The molecule has 1 aromatic heterocycles. The van der Waals surface area contributed by atoms with E-state index in [0.29, 0.717) is 5.69 Å². The van der Waals surface area contributed by atoms with Crippen LogP contribution in [0.3, 0.4) is 0 Å². The molecule has 1 heterocycles. The number of amides is 1. The van der Waals surface area contributed by atoms with Crippen molar-refractivity contribution in [1.82, 2.24) is 4.98 Å². The molecule has 0 atom stereocenters. The van der Waals surface area contributed by atoms with E-state index in [4.69, 9.17) is 5.73 Å². The summed E-state index contributed by atoms with van der Waals surface area (Å²) in [7, 11) is 0. The molecule has 0 radical (unpaired) electrons. The number of carbonyl (C=O) groups excluding carboxylic acids is 1. The predicted molar refractivity (Wildman–Crippen MR) is 75.5 cm³/mol. The average Bonchev–Trinajstić information content (AvgIpc) is 2.47. The smallest absolute Gasteiger partial charge is 0.228 e. The molecule has 20 heavy (non-hydrogen) atoms. The van der Waals surface area contributed by atoms with Crippen molar-refractivity contribution in [2.75, 3.05) is 11.4 Å². The maximum absolute atomic E-state index is 13.9. The Balaban J connectivity index is 2.30. The summed E-state index contributed by atoms with van der Waals surface area (Å²) in [5.74, 6) is -0.656. The van der Waals surface area contributed by atoms with Crippen molar-refractivity contribution in [2.45, 2.75) is 13.0 Å². The fraction of sp³-hybridized carbons (Fsp3) is 0.200. The Hall–Kier alpha value is -2.27. The quantitative estimate of drug-likeness (QED) is 0.907. The molecule has 0 aliphatic rings. The number of nitrogens with zero attached hydrogens (tertiary/aromatic N) is 2. The molecule has 0 unspecified atom stereocenters. The molecule has 4 nitrogen and oxygen atoms in total. The zero-order valence-electron chi connectivity index (χ0n) is 11.0. The molecular weight excluding hydrogens is 257 g/mol. The zero-order valence-corrected chi connectivity index (χ0v) is 11.0. The number of carbonyl (C=O) groups is 1. The van der Waals surface area contributed by atoms with Gasteiger partial charge in [0.2, 0.25) is 5.91 Å². The lowest BCUT2D eigenvalue weighted by molar-refractivity contribution is -0.118. The highest BCUT2D eigenvalue weighted by Gasteiger charge is 2.18. The summed E-state index contributed by atoms with van der Waals surface area (Å²) in [5, 5.41) is 0. The van der Waals surface area contributed by atoms with Gasteiger partial charge in [0.1, 0.15) is 5.82 Å². The van der Waals surface area contributed by atoms with Gasteiger partial charge in [0.05, 0.1) is 17.9 Å². The predicted octanol–water partition coefficient (Wildman–Crippen LogP) is 2.10. The lowest BCUT2D eigenvalue weighted by Gasteiger charge is -2.22. The van der Waals surface area contributed by atoms with E-state index in [9.17, 15) is 9.18 Å².